The number of hydrogen-bond donors (Lipinski definition) is 1. The standard InChI is InChI=1S/C26H26N2O4S/c1-17-15-18(20-13-12-19(31-4)16-23(20)27)11-14-25(17)32-33(29,30)26-10-6-7-21-22(26)8-5-9-24(21)28(2)3/h5-16H,27H2,1-4H3. The summed E-state index contributed by atoms with van der Waals surface area (Å²) in [6.07, 6.45) is 0. The fourth-order valence-electron chi connectivity index (χ4n) is 3.88. The number of anilines is 2. The summed E-state index contributed by atoms with van der Waals surface area (Å²) in [4.78, 5) is 2.08. The lowest BCUT2D eigenvalue weighted by atomic mass is 10.0. The summed E-state index contributed by atoms with van der Waals surface area (Å²) in [7, 11) is 1.37. The maximum absolute atomic E-state index is 13.3. The van der Waals surface area contributed by atoms with Crippen LogP contribution in [0.3, 0.4) is 0 Å². The van der Waals surface area contributed by atoms with Gasteiger partial charge in [0, 0.05) is 47.9 Å². The van der Waals surface area contributed by atoms with E-state index in [1.165, 1.54) is 0 Å². The molecule has 170 valence electrons. The van der Waals surface area contributed by atoms with E-state index >= 15 is 0 Å². The number of fused-ring (bicyclic) bond motifs is 1. The Morgan fingerprint density at radius 3 is 2.27 bits per heavy atom. The molecule has 4 aromatic carbocycles. The van der Waals surface area contributed by atoms with Crippen LogP contribution in [-0.2, 0) is 10.1 Å². The molecule has 4 aromatic rings. The Hall–Kier alpha value is -3.71. The zero-order valence-corrected chi connectivity index (χ0v) is 19.8. The molecule has 0 aliphatic rings. The summed E-state index contributed by atoms with van der Waals surface area (Å²) in [5.74, 6) is 0.943. The molecule has 0 saturated carbocycles. The second-order valence-electron chi connectivity index (χ2n) is 7.99. The highest BCUT2D eigenvalue weighted by Crippen LogP contribution is 2.35. The van der Waals surface area contributed by atoms with Crippen LogP contribution in [0.5, 0.6) is 11.5 Å². The van der Waals surface area contributed by atoms with Gasteiger partial charge in [-0.15, -0.1) is 0 Å². The summed E-state index contributed by atoms with van der Waals surface area (Å²) < 4.78 is 37.3. The molecule has 7 heteroatoms. The predicted octanol–water partition coefficient (Wildman–Crippen LogP) is 5.24. The Kier molecular flexibility index (Phi) is 5.91. The summed E-state index contributed by atoms with van der Waals surface area (Å²) in [5, 5.41) is 1.46. The normalized spacial score (nSPS) is 11.4. The average molecular weight is 463 g/mol. The molecule has 0 saturated heterocycles. The first-order valence-electron chi connectivity index (χ1n) is 10.4. The second-order valence-corrected chi connectivity index (χ2v) is 9.51. The zero-order chi connectivity index (χ0) is 23.8. The molecule has 0 aliphatic heterocycles. The van der Waals surface area contributed by atoms with Gasteiger partial charge < -0.3 is 19.6 Å². The van der Waals surface area contributed by atoms with E-state index in [9.17, 15) is 8.42 Å². The Bertz CT molecular complexity index is 1450. The topological polar surface area (TPSA) is 81.9 Å². The Morgan fingerprint density at radius 2 is 1.61 bits per heavy atom. The Balaban J connectivity index is 1.70. The lowest BCUT2D eigenvalue weighted by Gasteiger charge is -2.17. The number of rotatable bonds is 6. The van der Waals surface area contributed by atoms with Gasteiger partial charge in [0.2, 0.25) is 0 Å². The monoisotopic (exact) mass is 462 g/mol. The van der Waals surface area contributed by atoms with Crippen LogP contribution in [0.15, 0.2) is 77.7 Å². The van der Waals surface area contributed by atoms with E-state index in [0.29, 0.717) is 22.4 Å². The molecule has 0 bridgehead atoms. The molecule has 6 nitrogen and oxygen atoms in total. The molecule has 33 heavy (non-hydrogen) atoms. The van der Waals surface area contributed by atoms with Crippen LogP contribution in [0.1, 0.15) is 5.56 Å². The van der Waals surface area contributed by atoms with Crippen LogP contribution < -0.4 is 19.6 Å². The van der Waals surface area contributed by atoms with Crippen molar-refractivity contribution >= 4 is 32.3 Å². The van der Waals surface area contributed by atoms with Crippen LogP contribution in [0.4, 0.5) is 11.4 Å². The molecule has 4 rings (SSSR count). The molecule has 0 aliphatic carbocycles. The Labute approximate surface area is 194 Å². The van der Waals surface area contributed by atoms with Crippen LogP contribution in [0.25, 0.3) is 21.9 Å². The average Bonchev–Trinajstić information content (AvgIpc) is 2.79. The minimum Gasteiger partial charge on any atom is -0.497 e. The van der Waals surface area contributed by atoms with Crippen LogP contribution >= 0.6 is 0 Å². The summed E-state index contributed by atoms with van der Waals surface area (Å²) in [5.41, 5.74) is 10.0. The molecule has 0 unspecified atom stereocenters. The predicted molar refractivity (Wildman–Crippen MR) is 134 cm³/mol. The third kappa shape index (κ3) is 4.32. The fraction of sp³-hybridized carbons (Fsp3) is 0.154. The highest BCUT2D eigenvalue weighted by molar-refractivity contribution is 7.87. The van der Waals surface area contributed by atoms with Crippen LogP contribution in [0.2, 0.25) is 0 Å². The minimum absolute atomic E-state index is 0.131. The van der Waals surface area contributed by atoms with E-state index in [-0.39, 0.29) is 10.6 Å². The summed E-state index contributed by atoms with van der Waals surface area (Å²) in [6.45, 7) is 1.81. The van der Waals surface area contributed by atoms with Crippen molar-refractivity contribution in [1.82, 2.24) is 0 Å². The van der Waals surface area contributed by atoms with Crippen molar-refractivity contribution < 1.29 is 17.3 Å². The number of ether oxygens (including phenoxy) is 1. The van der Waals surface area contributed by atoms with Gasteiger partial charge in [-0.2, -0.15) is 8.42 Å². The maximum Gasteiger partial charge on any atom is 0.339 e. The lowest BCUT2D eigenvalue weighted by molar-refractivity contribution is 0.415. The number of methoxy groups -OCH3 is 1. The number of nitrogen functional groups attached to an aromatic ring is 1. The molecule has 0 radical (unpaired) electrons. The van der Waals surface area contributed by atoms with Crippen molar-refractivity contribution in [2.45, 2.75) is 11.8 Å². The van der Waals surface area contributed by atoms with Gasteiger partial charge in [0.05, 0.1) is 7.11 Å². The third-order valence-electron chi connectivity index (χ3n) is 5.55. The smallest absolute Gasteiger partial charge is 0.339 e. The van der Waals surface area contributed by atoms with E-state index in [4.69, 9.17) is 14.7 Å². The first kappa shape index (κ1) is 22.5. The SMILES string of the molecule is COc1ccc(-c2ccc(OS(=O)(=O)c3cccc4c(N(C)C)cccc34)c(C)c2)c(N)c1. The van der Waals surface area contributed by atoms with Gasteiger partial charge in [0.25, 0.3) is 0 Å². The highest BCUT2D eigenvalue weighted by Gasteiger charge is 2.22. The molecule has 0 heterocycles. The largest absolute Gasteiger partial charge is 0.497 e. The molecule has 0 fully saturated rings. The first-order chi connectivity index (χ1) is 15.7. The number of hydrogen-bond acceptors (Lipinski definition) is 6. The van der Waals surface area contributed by atoms with Crippen LogP contribution in [0, 0.1) is 6.92 Å². The number of nitrogens with zero attached hydrogens (tertiary/aromatic N) is 1. The van der Waals surface area contributed by atoms with Crippen molar-refractivity contribution in [2.75, 3.05) is 31.8 Å². The summed E-state index contributed by atoms with van der Waals surface area (Å²) >= 11 is 0. The van der Waals surface area contributed by atoms with Gasteiger partial charge >= 0.3 is 10.1 Å². The Morgan fingerprint density at radius 1 is 0.879 bits per heavy atom. The van der Waals surface area contributed by atoms with Crippen molar-refractivity contribution in [1.29, 1.82) is 0 Å². The van der Waals surface area contributed by atoms with Gasteiger partial charge in [-0.3, -0.25) is 0 Å². The summed E-state index contributed by atoms with van der Waals surface area (Å²) in [6, 6.07) is 21.6. The quantitative estimate of drug-likeness (QED) is 0.312. The van der Waals surface area contributed by atoms with Crippen LogP contribution in [-0.4, -0.2) is 29.6 Å². The molecule has 0 aromatic heterocycles. The van der Waals surface area contributed by atoms with E-state index in [0.717, 1.165) is 22.2 Å². The van der Waals surface area contributed by atoms with E-state index in [1.54, 1.807) is 50.4 Å². The number of aryl methyl sites for hydroxylation is 1. The number of nitrogens with two attached hydrogens (primary N) is 1. The van der Waals surface area contributed by atoms with Gasteiger partial charge in [-0.05, 0) is 54.4 Å². The van der Waals surface area contributed by atoms with Crippen molar-refractivity contribution in [2.24, 2.45) is 0 Å². The van der Waals surface area contributed by atoms with Crippen molar-refractivity contribution in [3.05, 3.63) is 78.4 Å². The van der Waals surface area contributed by atoms with Gasteiger partial charge in [-0.1, -0.05) is 30.3 Å². The number of benzene rings is 4. The second kappa shape index (κ2) is 8.67. The molecule has 2 N–H and O–H groups in total. The lowest BCUT2D eigenvalue weighted by Crippen LogP contribution is -2.12. The molecular weight excluding hydrogens is 436 g/mol. The van der Waals surface area contributed by atoms with E-state index < -0.39 is 10.1 Å². The molecule has 0 spiro atoms. The van der Waals surface area contributed by atoms with Gasteiger partial charge in [0.15, 0.2) is 0 Å². The third-order valence-corrected chi connectivity index (χ3v) is 6.85. The molecule has 0 atom stereocenters. The highest BCUT2D eigenvalue weighted by atomic mass is 32.2. The zero-order valence-electron chi connectivity index (χ0n) is 19.0. The van der Waals surface area contributed by atoms with Gasteiger partial charge in [0.1, 0.15) is 16.4 Å². The van der Waals surface area contributed by atoms with E-state index in [1.807, 2.05) is 55.4 Å². The van der Waals surface area contributed by atoms with Crippen molar-refractivity contribution in [3.63, 3.8) is 0 Å². The fourth-order valence-corrected chi connectivity index (χ4v) is 5.08. The molecular formula is C26H26N2O4S. The minimum atomic E-state index is -4.06. The van der Waals surface area contributed by atoms with Gasteiger partial charge in [-0.25, -0.2) is 0 Å². The molecule has 0 amide bonds. The first-order valence-corrected chi connectivity index (χ1v) is 11.8. The maximum atomic E-state index is 13.3. The van der Waals surface area contributed by atoms with E-state index in [2.05, 4.69) is 0 Å². The van der Waals surface area contributed by atoms with Crippen molar-refractivity contribution in [3.8, 4) is 22.6 Å².